The summed E-state index contributed by atoms with van der Waals surface area (Å²) in [5, 5.41) is 0. The number of nitrogens with zero attached hydrogens (tertiary/aromatic N) is 1. The van der Waals surface area contributed by atoms with E-state index in [4.69, 9.17) is 15.2 Å². The van der Waals surface area contributed by atoms with Crippen LogP contribution in [0.1, 0.15) is 30.0 Å². The van der Waals surface area contributed by atoms with E-state index in [1.54, 1.807) is 7.11 Å². The van der Waals surface area contributed by atoms with Crippen molar-refractivity contribution in [3.63, 3.8) is 0 Å². The van der Waals surface area contributed by atoms with E-state index < -0.39 is 0 Å². The van der Waals surface area contributed by atoms with Gasteiger partial charge in [0, 0.05) is 37.9 Å². The lowest BCUT2D eigenvalue weighted by Crippen LogP contribution is -2.34. The molecule has 0 bridgehead atoms. The summed E-state index contributed by atoms with van der Waals surface area (Å²) in [4.78, 5) is 2.34. The third-order valence-corrected chi connectivity index (χ3v) is 4.20. The van der Waals surface area contributed by atoms with Crippen LogP contribution in [0.3, 0.4) is 0 Å². The maximum absolute atomic E-state index is 6.40. The van der Waals surface area contributed by atoms with Crippen LogP contribution in [-0.2, 0) is 4.74 Å². The van der Waals surface area contributed by atoms with Crippen LogP contribution in [0.5, 0.6) is 5.75 Å². The molecule has 0 aromatic heterocycles. The number of benzene rings is 1. The van der Waals surface area contributed by atoms with E-state index >= 15 is 0 Å². The van der Waals surface area contributed by atoms with Gasteiger partial charge in [0.25, 0.3) is 0 Å². The number of methoxy groups -OCH3 is 1. The van der Waals surface area contributed by atoms with Crippen LogP contribution < -0.4 is 10.5 Å². The maximum Gasteiger partial charge on any atom is 0.123 e. The van der Waals surface area contributed by atoms with Crippen molar-refractivity contribution < 1.29 is 9.47 Å². The van der Waals surface area contributed by atoms with Gasteiger partial charge in [-0.25, -0.2) is 0 Å². The molecule has 1 saturated heterocycles. The monoisotopic (exact) mass is 292 g/mol. The third-order valence-electron chi connectivity index (χ3n) is 4.20. The number of rotatable bonds is 6. The van der Waals surface area contributed by atoms with E-state index in [0.29, 0.717) is 0 Å². The summed E-state index contributed by atoms with van der Waals surface area (Å²) in [5.74, 6) is 1.61. The number of hydrogen-bond acceptors (Lipinski definition) is 4. The summed E-state index contributed by atoms with van der Waals surface area (Å²) in [7, 11) is 3.85. The predicted octanol–water partition coefficient (Wildman–Crippen LogP) is 2.36. The van der Waals surface area contributed by atoms with Gasteiger partial charge in [-0.1, -0.05) is 17.7 Å². The molecule has 1 fully saturated rings. The average molecular weight is 292 g/mol. The molecule has 0 radical (unpaired) electrons. The van der Waals surface area contributed by atoms with Crippen molar-refractivity contribution in [1.82, 2.24) is 4.90 Å². The topological polar surface area (TPSA) is 47.7 Å². The first kappa shape index (κ1) is 16.3. The Bertz CT molecular complexity index is 444. The standard InChI is InChI=1S/C17H28N2O2/c1-13-4-5-17(20-3)15(10-13)16(18)12-19(2)11-14-6-8-21-9-7-14/h4-5,10,14,16H,6-9,11-12,18H2,1-3H3. The highest BCUT2D eigenvalue weighted by Gasteiger charge is 2.19. The minimum Gasteiger partial charge on any atom is -0.496 e. The fraction of sp³-hybridized carbons (Fsp3) is 0.647. The first-order valence-corrected chi connectivity index (χ1v) is 7.76. The highest BCUT2D eigenvalue weighted by Crippen LogP contribution is 2.26. The number of likely N-dealkylation sites (N-methyl/N-ethyl adjacent to an activating group) is 1. The molecule has 4 nitrogen and oxygen atoms in total. The van der Waals surface area contributed by atoms with Crippen molar-refractivity contribution in [2.45, 2.75) is 25.8 Å². The largest absolute Gasteiger partial charge is 0.496 e. The van der Waals surface area contributed by atoms with E-state index in [1.807, 2.05) is 6.07 Å². The number of aryl methyl sites for hydroxylation is 1. The zero-order valence-corrected chi connectivity index (χ0v) is 13.5. The van der Waals surface area contributed by atoms with Gasteiger partial charge in [-0.15, -0.1) is 0 Å². The highest BCUT2D eigenvalue weighted by molar-refractivity contribution is 5.39. The quantitative estimate of drug-likeness (QED) is 0.874. The highest BCUT2D eigenvalue weighted by atomic mass is 16.5. The lowest BCUT2D eigenvalue weighted by Gasteiger charge is -2.29. The first-order valence-electron chi connectivity index (χ1n) is 7.76. The Kier molecular flexibility index (Phi) is 6.03. The second-order valence-corrected chi connectivity index (χ2v) is 6.13. The fourth-order valence-corrected chi connectivity index (χ4v) is 3.02. The zero-order chi connectivity index (χ0) is 15.2. The molecule has 1 aliphatic rings. The Balaban J connectivity index is 1.93. The smallest absolute Gasteiger partial charge is 0.123 e. The molecule has 0 saturated carbocycles. The van der Waals surface area contributed by atoms with Crippen molar-refractivity contribution in [2.24, 2.45) is 11.7 Å². The van der Waals surface area contributed by atoms with Crippen molar-refractivity contribution in [1.29, 1.82) is 0 Å². The summed E-state index contributed by atoms with van der Waals surface area (Å²) >= 11 is 0. The molecule has 1 aromatic rings. The Morgan fingerprint density at radius 1 is 1.38 bits per heavy atom. The zero-order valence-electron chi connectivity index (χ0n) is 13.5. The van der Waals surface area contributed by atoms with E-state index in [-0.39, 0.29) is 6.04 Å². The number of nitrogens with two attached hydrogens (primary N) is 1. The molecule has 118 valence electrons. The van der Waals surface area contributed by atoms with Gasteiger partial charge < -0.3 is 20.1 Å². The molecular formula is C17H28N2O2. The van der Waals surface area contributed by atoms with E-state index in [0.717, 1.165) is 56.4 Å². The van der Waals surface area contributed by atoms with Gasteiger partial charge in [-0.05, 0) is 38.8 Å². The number of ether oxygens (including phenoxy) is 2. The molecule has 1 aromatic carbocycles. The third kappa shape index (κ3) is 4.70. The minimum absolute atomic E-state index is 0.0234. The van der Waals surface area contributed by atoms with Gasteiger partial charge >= 0.3 is 0 Å². The normalized spacial score (nSPS) is 18.0. The lowest BCUT2D eigenvalue weighted by molar-refractivity contribution is 0.0551. The SMILES string of the molecule is COc1ccc(C)cc1C(N)CN(C)CC1CCOCC1. The van der Waals surface area contributed by atoms with Gasteiger partial charge in [0.05, 0.1) is 7.11 Å². The Morgan fingerprint density at radius 2 is 2.10 bits per heavy atom. The van der Waals surface area contributed by atoms with E-state index in [2.05, 4.69) is 31.0 Å². The van der Waals surface area contributed by atoms with Crippen molar-refractivity contribution in [3.05, 3.63) is 29.3 Å². The van der Waals surface area contributed by atoms with Crippen LogP contribution in [-0.4, -0.2) is 45.4 Å². The van der Waals surface area contributed by atoms with Crippen LogP contribution in [0.2, 0.25) is 0 Å². The predicted molar refractivity (Wildman–Crippen MR) is 85.7 cm³/mol. The Labute approximate surface area is 128 Å². The number of hydrogen-bond donors (Lipinski definition) is 1. The van der Waals surface area contributed by atoms with Gasteiger partial charge in [0.1, 0.15) is 5.75 Å². The molecule has 0 amide bonds. The average Bonchev–Trinajstić information content (AvgIpc) is 2.48. The molecule has 1 aliphatic heterocycles. The second-order valence-electron chi connectivity index (χ2n) is 6.13. The molecule has 1 atom stereocenters. The summed E-state index contributed by atoms with van der Waals surface area (Å²) in [6.07, 6.45) is 2.32. The minimum atomic E-state index is -0.0234. The van der Waals surface area contributed by atoms with Crippen LogP contribution in [0, 0.1) is 12.8 Å². The molecule has 0 spiro atoms. The Morgan fingerprint density at radius 3 is 2.76 bits per heavy atom. The van der Waals surface area contributed by atoms with Gasteiger partial charge in [0.15, 0.2) is 0 Å². The molecule has 4 heteroatoms. The van der Waals surface area contributed by atoms with Gasteiger partial charge in [-0.3, -0.25) is 0 Å². The maximum atomic E-state index is 6.40. The van der Waals surface area contributed by atoms with Gasteiger partial charge in [-0.2, -0.15) is 0 Å². The second kappa shape index (κ2) is 7.78. The van der Waals surface area contributed by atoms with Gasteiger partial charge in [0.2, 0.25) is 0 Å². The van der Waals surface area contributed by atoms with Crippen LogP contribution in [0.25, 0.3) is 0 Å². The van der Waals surface area contributed by atoms with Crippen molar-refractivity contribution in [3.8, 4) is 5.75 Å². The van der Waals surface area contributed by atoms with Crippen LogP contribution >= 0.6 is 0 Å². The molecule has 0 aliphatic carbocycles. The molecule has 2 rings (SSSR count). The van der Waals surface area contributed by atoms with E-state index in [9.17, 15) is 0 Å². The van der Waals surface area contributed by atoms with Crippen LogP contribution in [0.15, 0.2) is 18.2 Å². The molecular weight excluding hydrogens is 264 g/mol. The first-order chi connectivity index (χ1) is 10.1. The molecule has 21 heavy (non-hydrogen) atoms. The Hall–Kier alpha value is -1.10. The summed E-state index contributed by atoms with van der Waals surface area (Å²) in [5.41, 5.74) is 8.71. The lowest BCUT2D eigenvalue weighted by atomic mass is 9.99. The summed E-state index contributed by atoms with van der Waals surface area (Å²) in [6.45, 7) is 5.82. The molecule has 1 heterocycles. The summed E-state index contributed by atoms with van der Waals surface area (Å²) < 4.78 is 10.9. The van der Waals surface area contributed by atoms with Crippen LogP contribution in [0.4, 0.5) is 0 Å². The molecule has 2 N–H and O–H groups in total. The van der Waals surface area contributed by atoms with Crippen molar-refractivity contribution in [2.75, 3.05) is 40.5 Å². The summed E-state index contributed by atoms with van der Waals surface area (Å²) in [6, 6.07) is 6.17. The fourth-order valence-electron chi connectivity index (χ4n) is 3.02. The molecule has 1 unspecified atom stereocenters. The van der Waals surface area contributed by atoms with E-state index in [1.165, 1.54) is 5.56 Å². The van der Waals surface area contributed by atoms with Crippen molar-refractivity contribution >= 4 is 0 Å².